The number of sulfonamides is 1. The van der Waals surface area contributed by atoms with Gasteiger partial charge in [0, 0.05) is 12.7 Å². The van der Waals surface area contributed by atoms with E-state index in [1.165, 1.54) is 18.8 Å². The Labute approximate surface area is 83.0 Å². The van der Waals surface area contributed by atoms with E-state index in [0.717, 1.165) is 12.8 Å². The van der Waals surface area contributed by atoms with E-state index in [1.807, 2.05) is 0 Å². The predicted molar refractivity (Wildman–Crippen MR) is 51.1 cm³/mol. The first kappa shape index (κ1) is 9.67. The van der Waals surface area contributed by atoms with Crippen LogP contribution < -0.4 is 4.72 Å². The minimum absolute atomic E-state index is 0.205. The van der Waals surface area contributed by atoms with Crippen LogP contribution in [-0.2, 0) is 10.0 Å². The normalized spacial score (nSPS) is 18.0. The molecule has 2 rings (SSSR count). The summed E-state index contributed by atoms with van der Waals surface area (Å²) in [4.78, 5) is 0.205. The highest BCUT2D eigenvalue weighted by Gasteiger charge is 2.21. The summed E-state index contributed by atoms with van der Waals surface area (Å²) in [6, 6.07) is 0. The molecule has 0 aliphatic heterocycles. The van der Waals surface area contributed by atoms with E-state index in [0.29, 0.717) is 12.5 Å². The maximum absolute atomic E-state index is 11.6. The topological polar surface area (TPSA) is 74.8 Å². The van der Waals surface area contributed by atoms with Crippen LogP contribution in [0.15, 0.2) is 17.3 Å². The van der Waals surface area contributed by atoms with Crippen molar-refractivity contribution in [1.29, 1.82) is 0 Å². The molecule has 78 valence electrons. The van der Waals surface area contributed by atoms with Crippen LogP contribution in [0.2, 0.25) is 0 Å². The molecule has 2 N–H and O–H groups in total. The maximum atomic E-state index is 11.6. The van der Waals surface area contributed by atoms with E-state index in [-0.39, 0.29) is 4.90 Å². The van der Waals surface area contributed by atoms with Crippen LogP contribution >= 0.6 is 0 Å². The van der Waals surface area contributed by atoms with Gasteiger partial charge in [0.2, 0.25) is 10.0 Å². The van der Waals surface area contributed by atoms with Crippen molar-refractivity contribution in [3.05, 3.63) is 12.4 Å². The van der Waals surface area contributed by atoms with E-state index >= 15 is 0 Å². The predicted octanol–water partition coefficient (Wildman–Crippen LogP) is 0.488. The lowest BCUT2D eigenvalue weighted by molar-refractivity contribution is 0.316. The van der Waals surface area contributed by atoms with Crippen LogP contribution in [0.3, 0.4) is 0 Å². The first-order valence-corrected chi connectivity index (χ1v) is 6.15. The second-order valence-electron chi connectivity index (χ2n) is 3.58. The first-order valence-electron chi connectivity index (χ1n) is 4.67. The molecule has 0 radical (unpaired) electrons. The highest BCUT2D eigenvalue weighted by Crippen LogP contribution is 2.25. The summed E-state index contributed by atoms with van der Waals surface area (Å²) in [5, 5.41) is 6.09. The molecule has 1 saturated carbocycles. The quantitative estimate of drug-likeness (QED) is 0.767. The SMILES string of the molecule is O=S(=O)(NCC1CCC1)c1cn[nH]c1. The lowest BCUT2D eigenvalue weighted by atomic mass is 9.86. The summed E-state index contributed by atoms with van der Waals surface area (Å²) in [5.41, 5.74) is 0. The van der Waals surface area contributed by atoms with Gasteiger partial charge in [-0.3, -0.25) is 5.10 Å². The molecular weight excluding hydrogens is 202 g/mol. The third-order valence-electron chi connectivity index (χ3n) is 2.57. The van der Waals surface area contributed by atoms with Crippen molar-refractivity contribution in [2.45, 2.75) is 24.2 Å². The molecule has 1 fully saturated rings. The molecule has 5 nitrogen and oxygen atoms in total. The van der Waals surface area contributed by atoms with Gasteiger partial charge in [0.25, 0.3) is 0 Å². The second-order valence-corrected chi connectivity index (χ2v) is 5.35. The molecule has 0 bridgehead atoms. The summed E-state index contributed by atoms with van der Waals surface area (Å²) in [6.07, 6.45) is 6.17. The lowest BCUT2D eigenvalue weighted by Crippen LogP contribution is -2.32. The number of aromatic amines is 1. The fraction of sp³-hybridized carbons (Fsp3) is 0.625. The molecule has 1 aliphatic rings. The Kier molecular flexibility index (Phi) is 2.56. The molecule has 6 heteroatoms. The molecule has 14 heavy (non-hydrogen) atoms. The highest BCUT2D eigenvalue weighted by molar-refractivity contribution is 7.89. The van der Waals surface area contributed by atoms with Crippen LogP contribution in [0.1, 0.15) is 19.3 Å². The number of rotatable bonds is 4. The van der Waals surface area contributed by atoms with Crippen molar-refractivity contribution in [3.63, 3.8) is 0 Å². The zero-order chi connectivity index (χ0) is 10.0. The minimum Gasteiger partial charge on any atom is -0.284 e. The van der Waals surface area contributed by atoms with E-state index < -0.39 is 10.0 Å². The Morgan fingerprint density at radius 3 is 2.86 bits per heavy atom. The van der Waals surface area contributed by atoms with Gasteiger partial charge in [-0.05, 0) is 18.8 Å². The molecule has 0 amide bonds. The fourth-order valence-corrected chi connectivity index (χ4v) is 2.41. The molecule has 0 unspecified atom stereocenters. The Bertz CT molecular complexity index is 381. The molecule has 0 aromatic carbocycles. The summed E-state index contributed by atoms with van der Waals surface area (Å²) in [6.45, 7) is 0.549. The van der Waals surface area contributed by atoms with Crippen LogP contribution in [0.5, 0.6) is 0 Å². The van der Waals surface area contributed by atoms with Crippen LogP contribution in [0.25, 0.3) is 0 Å². The number of H-pyrrole nitrogens is 1. The van der Waals surface area contributed by atoms with Gasteiger partial charge in [-0.1, -0.05) is 6.42 Å². The van der Waals surface area contributed by atoms with Gasteiger partial charge in [-0.25, -0.2) is 13.1 Å². The van der Waals surface area contributed by atoms with Gasteiger partial charge in [0.1, 0.15) is 4.90 Å². The first-order chi connectivity index (χ1) is 6.68. The van der Waals surface area contributed by atoms with E-state index in [9.17, 15) is 8.42 Å². The molecule has 0 atom stereocenters. The zero-order valence-corrected chi connectivity index (χ0v) is 8.55. The Hall–Kier alpha value is -0.880. The van der Waals surface area contributed by atoms with E-state index in [2.05, 4.69) is 14.9 Å². The zero-order valence-electron chi connectivity index (χ0n) is 7.73. The van der Waals surface area contributed by atoms with Crippen molar-refractivity contribution in [1.82, 2.24) is 14.9 Å². The monoisotopic (exact) mass is 215 g/mol. The molecule has 1 aromatic rings. The van der Waals surface area contributed by atoms with Gasteiger partial charge in [-0.15, -0.1) is 0 Å². The standard InChI is InChI=1S/C8H13N3O2S/c12-14(13,8-5-9-10-6-8)11-4-7-2-1-3-7/h5-7,11H,1-4H2,(H,9,10). The van der Waals surface area contributed by atoms with Crippen molar-refractivity contribution in [3.8, 4) is 0 Å². The smallest absolute Gasteiger partial charge is 0.243 e. The largest absolute Gasteiger partial charge is 0.284 e. The second kappa shape index (κ2) is 3.70. The Morgan fingerprint density at radius 2 is 2.36 bits per heavy atom. The Morgan fingerprint density at radius 1 is 1.57 bits per heavy atom. The summed E-state index contributed by atoms with van der Waals surface area (Å²) in [7, 11) is -3.33. The van der Waals surface area contributed by atoms with Gasteiger partial charge in [0.05, 0.1) is 6.20 Å². The maximum Gasteiger partial charge on any atom is 0.243 e. The van der Waals surface area contributed by atoms with Crippen LogP contribution in [0.4, 0.5) is 0 Å². The van der Waals surface area contributed by atoms with Crippen molar-refractivity contribution in [2.75, 3.05) is 6.54 Å². The number of hydrogen-bond donors (Lipinski definition) is 2. The number of aromatic nitrogens is 2. The molecule has 0 spiro atoms. The van der Waals surface area contributed by atoms with Crippen molar-refractivity contribution >= 4 is 10.0 Å². The van der Waals surface area contributed by atoms with Gasteiger partial charge < -0.3 is 0 Å². The van der Waals surface area contributed by atoms with Crippen LogP contribution in [-0.4, -0.2) is 25.2 Å². The van der Waals surface area contributed by atoms with Gasteiger partial charge >= 0.3 is 0 Å². The van der Waals surface area contributed by atoms with E-state index in [1.54, 1.807) is 0 Å². The number of hydrogen-bond acceptors (Lipinski definition) is 3. The lowest BCUT2D eigenvalue weighted by Gasteiger charge is -2.25. The molecule has 1 aliphatic carbocycles. The van der Waals surface area contributed by atoms with Crippen molar-refractivity contribution in [2.24, 2.45) is 5.92 Å². The Balaban J connectivity index is 1.95. The molecular formula is C8H13N3O2S. The summed E-state index contributed by atoms with van der Waals surface area (Å²) in [5.74, 6) is 0.525. The third-order valence-corrected chi connectivity index (χ3v) is 3.96. The fourth-order valence-electron chi connectivity index (χ4n) is 1.39. The number of nitrogens with zero attached hydrogens (tertiary/aromatic N) is 1. The molecule has 0 saturated heterocycles. The van der Waals surface area contributed by atoms with Crippen molar-refractivity contribution < 1.29 is 8.42 Å². The molecule has 1 heterocycles. The average Bonchev–Trinajstić information content (AvgIpc) is 2.52. The van der Waals surface area contributed by atoms with Gasteiger partial charge in [0.15, 0.2) is 0 Å². The average molecular weight is 215 g/mol. The molecule has 1 aromatic heterocycles. The number of nitrogens with one attached hydrogen (secondary N) is 2. The highest BCUT2D eigenvalue weighted by atomic mass is 32.2. The third kappa shape index (κ3) is 1.96. The minimum atomic E-state index is -3.33. The summed E-state index contributed by atoms with van der Waals surface area (Å²) >= 11 is 0. The van der Waals surface area contributed by atoms with E-state index in [4.69, 9.17) is 0 Å². The van der Waals surface area contributed by atoms with Gasteiger partial charge in [-0.2, -0.15) is 5.10 Å². The van der Waals surface area contributed by atoms with Crippen LogP contribution in [0, 0.1) is 5.92 Å². The summed E-state index contributed by atoms with van der Waals surface area (Å²) < 4.78 is 25.7.